The number of halogens is 1. The Morgan fingerprint density at radius 2 is 2.00 bits per heavy atom. The summed E-state index contributed by atoms with van der Waals surface area (Å²) in [7, 11) is 0. The average Bonchev–Trinajstić information content (AvgIpc) is 2.80. The molecular formula is C22H27FN8. The topological polar surface area (TPSA) is 81.9 Å². The summed E-state index contributed by atoms with van der Waals surface area (Å²) in [6.45, 7) is 10.2. The van der Waals surface area contributed by atoms with Crippen LogP contribution in [0.1, 0.15) is 19.2 Å². The first-order chi connectivity index (χ1) is 15.2. The number of hydrogen-bond acceptors (Lipinski definition) is 8. The van der Waals surface area contributed by atoms with E-state index in [0.717, 1.165) is 43.2 Å². The van der Waals surface area contributed by atoms with Crippen LogP contribution in [-0.4, -0.2) is 66.1 Å². The largest absolute Gasteiger partial charge is 0.369 e. The van der Waals surface area contributed by atoms with Crippen LogP contribution in [0.25, 0.3) is 0 Å². The summed E-state index contributed by atoms with van der Waals surface area (Å²) in [5.74, 6) is 0.830. The molecule has 0 amide bonds. The average molecular weight is 423 g/mol. The van der Waals surface area contributed by atoms with E-state index in [1.54, 1.807) is 24.7 Å². The molecule has 8 nitrogen and oxygen atoms in total. The number of pyridine rings is 1. The molecule has 0 bridgehead atoms. The van der Waals surface area contributed by atoms with Gasteiger partial charge in [0.1, 0.15) is 11.6 Å². The van der Waals surface area contributed by atoms with Crippen molar-refractivity contribution < 1.29 is 4.39 Å². The maximum atomic E-state index is 14.4. The molecule has 2 saturated heterocycles. The lowest BCUT2D eigenvalue weighted by atomic mass is 9.95. The SMILES string of the molecule is C=NC=C1C(=NCc2ncccn2)CCN(c2cc(N3CCNCC3)cc(F)n2)C1C. The maximum absolute atomic E-state index is 14.4. The molecule has 0 saturated carbocycles. The van der Waals surface area contributed by atoms with Crippen LogP contribution in [0.4, 0.5) is 15.9 Å². The predicted octanol–water partition coefficient (Wildman–Crippen LogP) is 2.24. The predicted molar refractivity (Wildman–Crippen MR) is 122 cm³/mol. The summed E-state index contributed by atoms with van der Waals surface area (Å²) >= 11 is 0. The number of aliphatic imine (C=N–C) groups is 2. The zero-order chi connectivity index (χ0) is 21.6. The molecule has 2 aliphatic heterocycles. The van der Waals surface area contributed by atoms with Crippen molar-refractivity contribution in [3.8, 4) is 0 Å². The first kappa shape index (κ1) is 21.0. The smallest absolute Gasteiger partial charge is 0.216 e. The second-order valence-electron chi connectivity index (χ2n) is 7.56. The van der Waals surface area contributed by atoms with Gasteiger partial charge in [0.25, 0.3) is 0 Å². The van der Waals surface area contributed by atoms with Crippen molar-refractivity contribution >= 4 is 23.9 Å². The van der Waals surface area contributed by atoms with Crippen molar-refractivity contribution in [3.63, 3.8) is 0 Å². The molecule has 2 fully saturated rings. The number of piperazine rings is 1. The van der Waals surface area contributed by atoms with E-state index in [4.69, 9.17) is 4.99 Å². The third kappa shape index (κ3) is 4.93. The summed E-state index contributed by atoms with van der Waals surface area (Å²) in [6.07, 6.45) is 5.85. The second-order valence-corrected chi connectivity index (χ2v) is 7.56. The Morgan fingerprint density at radius 3 is 2.74 bits per heavy atom. The number of piperidine rings is 1. The number of nitrogens with zero attached hydrogens (tertiary/aromatic N) is 7. The van der Waals surface area contributed by atoms with Crippen molar-refractivity contribution in [2.45, 2.75) is 25.9 Å². The highest BCUT2D eigenvalue weighted by Gasteiger charge is 2.29. The Morgan fingerprint density at radius 1 is 1.23 bits per heavy atom. The van der Waals surface area contributed by atoms with Gasteiger partial charge < -0.3 is 15.1 Å². The number of hydrogen-bond donors (Lipinski definition) is 1. The molecule has 0 aliphatic carbocycles. The number of anilines is 2. The van der Waals surface area contributed by atoms with E-state index in [-0.39, 0.29) is 6.04 Å². The molecule has 2 aliphatic rings. The Bertz CT molecular complexity index is 969. The minimum atomic E-state index is -0.466. The van der Waals surface area contributed by atoms with Crippen molar-refractivity contribution in [2.75, 3.05) is 42.5 Å². The van der Waals surface area contributed by atoms with E-state index in [9.17, 15) is 4.39 Å². The highest BCUT2D eigenvalue weighted by Crippen LogP contribution is 2.29. The summed E-state index contributed by atoms with van der Waals surface area (Å²) in [5.41, 5.74) is 2.76. The van der Waals surface area contributed by atoms with Gasteiger partial charge in [0.15, 0.2) is 0 Å². The van der Waals surface area contributed by atoms with Crippen LogP contribution in [0.5, 0.6) is 0 Å². The van der Waals surface area contributed by atoms with E-state index in [1.165, 1.54) is 6.07 Å². The molecule has 2 aromatic heterocycles. The quantitative estimate of drug-likeness (QED) is 0.588. The van der Waals surface area contributed by atoms with Gasteiger partial charge in [0.05, 0.1) is 12.6 Å². The highest BCUT2D eigenvalue weighted by molar-refractivity contribution is 6.03. The fourth-order valence-electron chi connectivity index (χ4n) is 4.04. The normalized spacial score (nSPS) is 22.2. The third-order valence-corrected chi connectivity index (χ3v) is 5.64. The lowest BCUT2D eigenvalue weighted by Gasteiger charge is -2.37. The molecule has 1 unspecified atom stereocenters. The molecule has 4 heterocycles. The van der Waals surface area contributed by atoms with Gasteiger partial charge in [-0.15, -0.1) is 0 Å². The van der Waals surface area contributed by atoms with Gasteiger partial charge >= 0.3 is 0 Å². The second kappa shape index (κ2) is 9.74. The standard InChI is InChI=1S/C22H27FN8/c1-16-18(14-24-2)19(28-15-21-26-5-3-6-27-21)4-9-31(16)22-13-17(12-20(23)29-22)30-10-7-25-8-11-30/h3,5-6,12-14,16,25H,2,4,7-11,15H2,1H3. The zero-order valence-electron chi connectivity index (χ0n) is 17.7. The number of rotatable bonds is 5. The third-order valence-electron chi connectivity index (χ3n) is 5.64. The molecule has 9 heteroatoms. The lowest BCUT2D eigenvalue weighted by Crippen LogP contribution is -2.45. The van der Waals surface area contributed by atoms with Crippen LogP contribution in [0.15, 0.2) is 52.4 Å². The molecule has 0 radical (unpaired) electrons. The molecule has 1 N–H and O–H groups in total. The van der Waals surface area contributed by atoms with Crippen molar-refractivity contribution in [3.05, 3.63) is 54.1 Å². The molecular weight excluding hydrogens is 395 g/mol. The monoisotopic (exact) mass is 422 g/mol. The zero-order valence-corrected chi connectivity index (χ0v) is 17.7. The Balaban J connectivity index is 1.58. The minimum Gasteiger partial charge on any atom is -0.369 e. The first-order valence-corrected chi connectivity index (χ1v) is 10.5. The van der Waals surface area contributed by atoms with Gasteiger partial charge in [-0.25, -0.2) is 15.0 Å². The Kier molecular flexibility index (Phi) is 6.61. The van der Waals surface area contributed by atoms with Crippen LogP contribution >= 0.6 is 0 Å². The number of aromatic nitrogens is 3. The first-order valence-electron chi connectivity index (χ1n) is 10.5. The lowest BCUT2D eigenvalue weighted by molar-refractivity contribution is 0.565. The van der Waals surface area contributed by atoms with Gasteiger partial charge in [0, 0.05) is 86.8 Å². The van der Waals surface area contributed by atoms with Crippen LogP contribution in [0, 0.1) is 5.95 Å². The van der Waals surface area contributed by atoms with Gasteiger partial charge in [-0.3, -0.25) is 9.98 Å². The molecule has 0 aromatic carbocycles. The summed E-state index contributed by atoms with van der Waals surface area (Å²) in [6, 6.07) is 5.20. The van der Waals surface area contributed by atoms with E-state index in [2.05, 4.69) is 48.7 Å². The van der Waals surface area contributed by atoms with Crippen molar-refractivity contribution in [1.29, 1.82) is 0 Å². The molecule has 0 spiro atoms. The molecule has 2 aromatic rings. The van der Waals surface area contributed by atoms with E-state index < -0.39 is 5.95 Å². The van der Waals surface area contributed by atoms with Gasteiger partial charge in [0.2, 0.25) is 5.95 Å². The van der Waals surface area contributed by atoms with Gasteiger partial charge in [-0.05, 0) is 19.7 Å². The molecule has 4 rings (SSSR count). The van der Waals surface area contributed by atoms with Crippen molar-refractivity contribution in [2.24, 2.45) is 9.98 Å². The van der Waals surface area contributed by atoms with Crippen LogP contribution < -0.4 is 15.1 Å². The Labute approximate surface area is 181 Å². The van der Waals surface area contributed by atoms with Crippen molar-refractivity contribution in [1.82, 2.24) is 20.3 Å². The summed E-state index contributed by atoms with van der Waals surface area (Å²) < 4.78 is 14.4. The van der Waals surface area contributed by atoms with E-state index in [0.29, 0.717) is 31.2 Å². The fraction of sp³-hybridized carbons (Fsp3) is 0.409. The summed E-state index contributed by atoms with van der Waals surface area (Å²) in [5, 5.41) is 3.33. The fourth-order valence-corrected chi connectivity index (χ4v) is 4.04. The van der Waals surface area contributed by atoms with Gasteiger partial charge in [-0.2, -0.15) is 4.39 Å². The minimum absolute atomic E-state index is 0.0696. The molecule has 1 atom stereocenters. The van der Waals surface area contributed by atoms with E-state index >= 15 is 0 Å². The Hall–Kier alpha value is -3.20. The molecule has 31 heavy (non-hydrogen) atoms. The van der Waals surface area contributed by atoms with Crippen LogP contribution in [-0.2, 0) is 6.54 Å². The maximum Gasteiger partial charge on any atom is 0.216 e. The molecule has 162 valence electrons. The van der Waals surface area contributed by atoms with E-state index in [1.807, 2.05) is 6.07 Å². The van der Waals surface area contributed by atoms with Gasteiger partial charge in [-0.1, -0.05) is 0 Å². The highest BCUT2D eigenvalue weighted by atomic mass is 19.1. The summed E-state index contributed by atoms with van der Waals surface area (Å²) in [4.78, 5) is 25.7. The van der Waals surface area contributed by atoms with Crippen LogP contribution in [0.3, 0.4) is 0 Å². The number of nitrogens with one attached hydrogen (secondary N) is 1. The van der Waals surface area contributed by atoms with Crippen LogP contribution in [0.2, 0.25) is 0 Å².